The van der Waals surface area contributed by atoms with Gasteiger partial charge in [-0.05, 0) is 30.2 Å². The molecule has 0 bridgehead atoms. The topological polar surface area (TPSA) is 96.2 Å². The molecule has 0 radical (unpaired) electrons. The van der Waals surface area contributed by atoms with E-state index in [0.29, 0.717) is 11.4 Å². The average Bonchev–Trinajstić information content (AvgIpc) is 2.40. The molecule has 0 saturated heterocycles. The summed E-state index contributed by atoms with van der Waals surface area (Å²) in [6.45, 7) is 3.97. The molecule has 0 aliphatic heterocycles. The van der Waals surface area contributed by atoms with Crippen molar-refractivity contribution >= 4 is 23.3 Å². The van der Waals surface area contributed by atoms with Crippen LogP contribution in [0.1, 0.15) is 20.3 Å². The van der Waals surface area contributed by atoms with E-state index in [-0.39, 0.29) is 30.3 Å². The Morgan fingerprint density at radius 1 is 1.10 bits per heavy atom. The monoisotopic (exact) mass is 278 g/mol. The van der Waals surface area contributed by atoms with Crippen LogP contribution in [0.3, 0.4) is 0 Å². The van der Waals surface area contributed by atoms with Gasteiger partial charge in [0.1, 0.15) is 0 Å². The third-order valence-electron chi connectivity index (χ3n) is 2.93. The van der Waals surface area contributed by atoms with E-state index in [0.717, 1.165) is 0 Å². The van der Waals surface area contributed by atoms with E-state index in [2.05, 4.69) is 16.0 Å². The van der Waals surface area contributed by atoms with Crippen molar-refractivity contribution in [3.05, 3.63) is 24.3 Å². The van der Waals surface area contributed by atoms with Gasteiger partial charge in [-0.3, -0.25) is 4.79 Å². The number of nitrogens with one attached hydrogen (secondary N) is 3. The van der Waals surface area contributed by atoms with E-state index in [4.69, 9.17) is 5.73 Å². The van der Waals surface area contributed by atoms with E-state index < -0.39 is 0 Å². The van der Waals surface area contributed by atoms with Crippen LogP contribution in [0.2, 0.25) is 0 Å². The molecule has 6 heteroatoms. The minimum Gasteiger partial charge on any atom is -0.341 e. The molecule has 1 unspecified atom stereocenters. The number of hydrogen-bond donors (Lipinski definition) is 4. The predicted molar refractivity (Wildman–Crippen MR) is 80.6 cm³/mol. The van der Waals surface area contributed by atoms with Crippen molar-refractivity contribution in [2.75, 3.05) is 17.7 Å². The highest BCUT2D eigenvalue weighted by molar-refractivity contribution is 5.92. The molecule has 6 nitrogen and oxygen atoms in total. The molecule has 20 heavy (non-hydrogen) atoms. The van der Waals surface area contributed by atoms with Gasteiger partial charge in [-0.25, -0.2) is 4.79 Å². The summed E-state index contributed by atoms with van der Waals surface area (Å²) in [4.78, 5) is 22.9. The fraction of sp³-hybridized carbons (Fsp3) is 0.429. The van der Waals surface area contributed by atoms with Gasteiger partial charge >= 0.3 is 6.03 Å². The molecule has 1 aromatic rings. The van der Waals surface area contributed by atoms with Crippen LogP contribution in [-0.4, -0.2) is 25.0 Å². The smallest absolute Gasteiger partial charge is 0.318 e. The molecule has 0 saturated carbocycles. The van der Waals surface area contributed by atoms with E-state index in [1.54, 1.807) is 31.3 Å². The fourth-order valence-corrected chi connectivity index (χ4v) is 1.49. The number of urea groups is 1. The minimum absolute atomic E-state index is 0.113. The van der Waals surface area contributed by atoms with Crippen molar-refractivity contribution in [2.24, 2.45) is 11.7 Å². The zero-order valence-corrected chi connectivity index (χ0v) is 12.1. The molecule has 0 aromatic heterocycles. The third kappa shape index (κ3) is 5.27. The first-order valence-corrected chi connectivity index (χ1v) is 6.56. The molecular weight excluding hydrogens is 256 g/mol. The molecule has 1 aromatic carbocycles. The van der Waals surface area contributed by atoms with Gasteiger partial charge in [0.25, 0.3) is 0 Å². The van der Waals surface area contributed by atoms with Gasteiger partial charge in [-0.1, -0.05) is 13.8 Å². The van der Waals surface area contributed by atoms with Crippen LogP contribution in [0, 0.1) is 5.92 Å². The molecule has 0 heterocycles. The summed E-state index contributed by atoms with van der Waals surface area (Å²) in [5.74, 6) is 0.151. The van der Waals surface area contributed by atoms with E-state index in [9.17, 15) is 9.59 Å². The molecule has 110 valence electrons. The van der Waals surface area contributed by atoms with Crippen molar-refractivity contribution in [3.8, 4) is 0 Å². The molecule has 0 aliphatic carbocycles. The third-order valence-corrected chi connectivity index (χ3v) is 2.93. The lowest BCUT2D eigenvalue weighted by Crippen LogP contribution is -2.31. The second-order valence-electron chi connectivity index (χ2n) is 4.94. The lowest BCUT2D eigenvalue weighted by atomic mass is 10.0. The highest BCUT2D eigenvalue weighted by Crippen LogP contribution is 2.14. The summed E-state index contributed by atoms with van der Waals surface area (Å²) in [5.41, 5.74) is 7.18. The number of anilines is 2. The molecular formula is C14H22N4O2. The molecule has 5 N–H and O–H groups in total. The Kier molecular flexibility index (Phi) is 5.99. The number of carbonyl (C=O) groups excluding carboxylic acids is 2. The van der Waals surface area contributed by atoms with Gasteiger partial charge in [-0.2, -0.15) is 0 Å². The Morgan fingerprint density at radius 2 is 1.60 bits per heavy atom. The quantitative estimate of drug-likeness (QED) is 0.660. The summed E-state index contributed by atoms with van der Waals surface area (Å²) >= 11 is 0. The lowest BCUT2D eigenvalue weighted by molar-refractivity contribution is -0.116. The van der Waals surface area contributed by atoms with Crippen LogP contribution in [-0.2, 0) is 4.79 Å². The van der Waals surface area contributed by atoms with Crippen molar-refractivity contribution < 1.29 is 9.59 Å². The van der Waals surface area contributed by atoms with Crippen molar-refractivity contribution in [1.82, 2.24) is 5.32 Å². The zero-order chi connectivity index (χ0) is 15.1. The molecule has 0 fully saturated rings. The number of benzene rings is 1. The van der Waals surface area contributed by atoms with Crippen LogP contribution >= 0.6 is 0 Å². The van der Waals surface area contributed by atoms with Crippen LogP contribution in [0.15, 0.2) is 24.3 Å². The van der Waals surface area contributed by atoms with E-state index in [1.807, 2.05) is 13.8 Å². The molecule has 3 amide bonds. The first-order chi connectivity index (χ1) is 9.42. The average molecular weight is 278 g/mol. The predicted octanol–water partition coefficient (Wildman–Crippen LogP) is 1.75. The number of carbonyl (C=O) groups is 2. The van der Waals surface area contributed by atoms with Crippen molar-refractivity contribution in [1.29, 1.82) is 0 Å². The number of hydrogen-bond acceptors (Lipinski definition) is 3. The standard InChI is InChI=1S/C14H22N4O2/c1-9(2)12(15)8-13(19)17-10-4-6-11(7-5-10)18-14(20)16-3/h4-7,9,12H,8,15H2,1-3H3,(H,17,19)(H2,16,18,20). The maximum Gasteiger partial charge on any atom is 0.318 e. The molecule has 1 rings (SSSR count). The maximum absolute atomic E-state index is 11.8. The first kappa shape index (κ1) is 16.0. The van der Waals surface area contributed by atoms with Gasteiger partial charge in [0, 0.05) is 30.9 Å². The van der Waals surface area contributed by atoms with Crippen molar-refractivity contribution in [3.63, 3.8) is 0 Å². The number of rotatable bonds is 5. The normalized spacial score (nSPS) is 11.8. The highest BCUT2D eigenvalue weighted by Gasteiger charge is 2.12. The fourth-order valence-electron chi connectivity index (χ4n) is 1.49. The Morgan fingerprint density at radius 3 is 2.05 bits per heavy atom. The summed E-state index contributed by atoms with van der Waals surface area (Å²) in [6.07, 6.45) is 0.288. The number of nitrogens with two attached hydrogens (primary N) is 1. The van der Waals surface area contributed by atoms with Crippen LogP contribution in [0.4, 0.5) is 16.2 Å². The van der Waals surface area contributed by atoms with Gasteiger partial charge in [0.15, 0.2) is 0 Å². The Bertz CT molecular complexity index is 457. The Balaban J connectivity index is 2.53. The van der Waals surface area contributed by atoms with Crippen molar-refractivity contribution in [2.45, 2.75) is 26.3 Å². The Hall–Kier alpha value is -2.08. The van der Waals surface area contributed by atoms with Gasteiger partial charge < -0.3 is 21.7 Å². The van der Waals surface area contributed by atoms with Crippen LogP contribution < -0.4 is 21.7 Å². The first-order valence-electron chi connectivity index (χ1n) is 6.56. The lowest BCUT2D eigenvalue weighted by Gasteiger charge is -2.15. The highest BCUT2D eigenvalue weighted by atomic mass is 16.2. The second kappa shape index (κ2) is 7.49. The summed E-state index contributed by atoms with van der Waals surface area (Å²) in [7, 11) is 1.54. The second-order valence-corrected chi connectivity index (χ2v) is 4.94. The summed E-state index contributed by atoms with van der Waals surface area (Å²) < 4.78 is 0. The SMILES string of the molecule is CNC(=O)Nc1ccc(NC(=O)CC(N)C(C)C)cc1. The van der Waals surface area contributed by atoms with E-state index in [1.165, 1.54) is 0 Å². The largest absolute Gasteiger partial charge is 0.341 e. The summed E-state index contributed by atoms with van der Waals surface area (Å²) in [5, 5.41) is 7.87. The van der Waals surface area contributed by atoms with Gasteiger partial charge in [0.2, 0.25) is 5.91 Å². The molecule has 0 aliphatic rings. The van der Waals surface area contributed by atoms with Crippen LogP contribution in [0.25, 0.3) is 0 Å². The molecule has 1 atom stereocenters. The Labute approximate surface area is 119 Å². The maximum atomic E-state index is 11.8. The summed E-state index contributed by atoms with van der Waals surface area (Å²) in [6, 6.07) is 6.45. The minimum atomic E-state index is -0.287. The van der Waals surface area contributed by atoms with Crippen LogP contribution in [0.5, 0.6) is 0 Å². The number of amides is 3. The van der Waals surface area contributed by atoms with Gasteiger partial charge in [-0.15, -0.1) is 0 Å². The van der Waals surface area contributed by atoms with Gasteiger partial charge in [0.05, 0.1) is 0 Å². The van der Waals surface area contributed by atoms with E-state index >= 15 is 0 Å². The molecule has 0 spiro atoms. The zero-order valence-electron chi connectivity index (χ0n) is 12.1.